The SMILES string of the molecule is COC(C)(C)O[C@H]1C[C@H](Nc2nc(N(C)Cc3ccccc3)nc(C)c2-c2nc3ccccc3s2)C[C@@H]1CO. The summed E-state index contributed by atoms with van der Waals surface area (Å²) in [4.78, 5) is 17.0. The van der Waals surface area contributed by atoms with Gasteiger partial charge in [-0.3, -0.25) is 0 Å². The Hall–Kier alpha value is -3.11. The molecule has 1 aliphatic rings. The third-order valence-electron chi connectivity index (χ3n) is 7.32. The molecule has 5 rings (SSSR count). The van der Waals surface area contributed by atoms with E-state index in [2.05, 4.69) is 28.4 Å². The number of benzene rings is 2. The first-order valence-corrected chi connectivity index (χ1v) is 14.2. The van der Waals surface area contributed by atoms with Crippen LogP contribution < -0.4 is 10.2 Å². The number of aryl methyl sites for hydroxylation is 1. The molecule has 2 aromatic heterocycles. The average molecular weight is 548 g/mol. The summed E-state index contributed by atoms with van der Waals surface area (Å²) in [6.45, 7) is 6.57. The molecule has 8 nitrogen and oxygen atoms in total. The molecule has 0 bridgehead atoms. The van der Waals surface area contributed by atoms with E-state index >= 15 is 0 Å². The number of hydrogen-bond donors (Lipinski definition) is 2. The van der Waals surface area contributed by atoms with E-state index in [1.807, 2.05) is 64.2 Å². The van der Waals surface area contributed by atoms with Crippen molar-refractivity contribution in [3.8, 4) is 10.6 Å². The van der Waals surface area contributed by atoms with Crippen LogP contribution >= 0.6 is 11.3 Å². The number of rotatable bonds is 10. The highest BCUT2D eigenvalue weighted by Crippen LogP contribution is 2.39. The smallest absolute Gasteiger partial charge is 0.227 e. The Balaban J connectivity index is 1.49. The summed E-state index contributed by atoms with van der Waals surface area (Å²) in [6.07, 6.45) is 1.37. The number of hydrogen-bond acceptors (Lipinski definition) is 9. The molecule has 0 aliphatic heterocycles. The number of anilines is 2. The molecular weight excluding hydrogens is 510 g/mol. The van der Waals surface area contributed by atoms with Crippen molar-refractivity contribution in [3.05, 3.63) is 65.9 Å². The van der Waals surface area contributed by atoms with Gasteiger partial charge in [-0.15, -0.1) is 11.3 Å². The molecule has 2 aromatic carbocycles. The van der Waals surface area contributed by atoms with Gasteiger partial charge in [-0.25, -0.2) is 9.97 Å². The Labute approximate surface area is 234 Å². The maximum absolute atomic E-state index is 10.1. The van der Waals surface area contributed by atoms with Crippen molar-refractivity contribution in [2.75, 3.05) is 31.0 Å². The van der Waals surface area contributed by atoms with Crippen molar-refractivity contribution in [1.29, 1.82) is 0 Å². The topological polar surface area (TPSA) is 92.6 Å². The lowest BCUT2D eigenvalue weighted by molar-refractivity contribution is -0.230. The van der Waals surface area contributed by atoms with Crippen LogP contribution in [0.15, 0.2) is 54.6 Å². The van der Waals surface area contributed by atoms with Crippen molar-refractivity contribution in [2.45, 2.75) is 58.1 Å². The van der Waals surface area contributed by atoms with Gasteiger partial charge in [0.2, 0.25) is 5.95 Å². The van der Waals surface area contributed by atoms with E-state index in [-0.39, 0.29) is 24.7 Å². The largest absolute Gasteiger partial charge is 0.396 e. The second-order valence-electron chi connectivity index (χ2n) is 10.7. The van der Waals surface area contributed by atoms with Crippen LogP contribution in [0.3, 0.4) is 0 Å². The third kappa shape index (κ3) is 6.22. The number of aliphatic hydroxyl groups is 1. The van der Waals surface area contributed by atoms with Crippen LogP contribution in [0, 0.1) is 12.8 Å². The number of methoxy groups -OCH3 is 1. The highest BCUT2D eigenvalue weighted by atomic mass is 32.1. The summed E-state index contributed by atoms with van der Waals surface area (Å²) < 4.78 is 12.9. The zero-order chi connectivity index (χ0) is 27.6. The van der Waals surface area contributed by atoms with Gasteiger partial charge in [0.15, 0.2) is 5.79 Å². The number of nitrogens with zero attached hydrogens (tertiary/aromatic N) is 4. The van der Waals surface area contributed by atoms with Gasteiger partial charge in [0, 0.05) is 39.3 Å². The molecule has 39 heavy (non-hydrogen) atoms. The standard InChI is InChI=1S/C30H37N5O3S/c1-19-26(28-33-23-13-9-10-14-25(23)39-28)27(34-29(31-19)35(4)17-20-11-7-6-8-12-20)32-22-15-21(18-36)24(16-22)38-30(2,3)37-5/h6-14,21-22,24,36H,15-18H2,1-5H3,(H,31,32,34)/t21-,22-,24+/m1/s1. The van der Waals surface area contributed by atoms with Gasteiger partial charge in [0.05, 0.1) is 27.6 Å². The van der Waals surface area contributed by atoms with Gasteiger partial charge in [-0.1, -0.05) is 42.5 Å². The predicted octanol–water partition coefficient (Wildman–Crippen LogP) is 5.65. The zero-order valence-electron chi connectivity index (χ0n) is 23.2. The second kappa shape index (κ2) is 11.6. The minimum atomic E-state index is -0.724. The average Bonchev–Trinajstić information content (AvgIpc) is 3.51. The van der Waals surface area contributed by atoms with Crippen LogP contribution in [-0.4, -0.2) is 58.8 Å². The summed E-state index contributed by atoms with van der Waals surface area (Å²) >= 11 is 1.64. The normalized spacial score (nSPS) is 19.5. The lowest BCUT2D eigenvalue weighted by atomic mass is 10.1. The minimum Gasteiger partial charge on any atom is -0.396 e. The van der Waals surface area contributed by atoms with E-state index in [1.165, 1.54) is 5.56 Å². The Bertz CT molecular complexity index is 1380. The maximum atomic E-state index is 10.1. The number of para-hydroxylation sites is 1. The fourth-order valence-electron chi connectivity index (χ4n) is 5.14. The number of aliphatic hydroxyl groups excluding tert-OH is 1. The van der Waals surface area contributed by atoms with Crippen LogP contribution in [0.2, 0.25) is 0 Å². The molecule has 0 unspecified atom stereocenters. The summed E-state index contributed by atoms with van der Waals surface area (Å²) in [7, 11) is 3.65. The number of fused-ring (bicyclic) bond motifs is 1. The number of ether oxygens (including phenoxy) is 2. The monoisotopic (exact) mass is 547 g/mol. The molecule has 0 amide bonds. The summed E-state index contributed by atoms with van der Waals surface area (Å²) in [5.74, 6) is 0.683. The molecule has 206 valence electrons. The van der Waals surface area contributed by atoms with Gasteiger partial charge in [0.1, 0.15) is 10.8 Å². The van der Waals surface area contributed by atoms with Crippen LogP contribution in [0.5, 0.6) is 0 Å². The Morgan fingerprint density at radius 3 is 2.51 bits per heavy atom. The lowest BCUT2D eigenvalue weighted by Crippen LogP contribution is -2.35. The molecule has 1 fully saturated rings. The molecule has 9 heteroatoms. The summed E-state index contributed by atoms with van der Waals surface area (Å²) in [5, 5.41) is 14.7. The van der Waals surface area contributed by atoms with Gasteiger partial charge in [-0.2, -0.15) is 4.98 Å². The van der Waals surface area contributed by atoms with E-state index in [0.717, 1.165) is 45.1 Å². The highest BCUT2D eigenvalue weighted by Gasteiger charge is 2.38. The van der Waals surface area contributed by atoms with Crippen LogP contribution in [-0.2, 0) is 16.0 Å². The number of aromatic nitrogens is 3. The number of nitrogens with one attached hydrogen (secondary N) is 1. The molecule has 0 radical (unpaired) electrons. The minimum absolute atomic E-state index is 0.00554. The fourth-order valence-corrected chi connectivity index (χ4v) is 6.21. The Morgan fingerprint density at radius 1 is 1.05 bits per heavy atom. The first kappa shape index (κ1) is 27.5. The van der Waals surface area contributed by atoms with Gasteiger partial charge in [-0.05, 0) is 51.3 Å². The summed E-state index contributed by atoms with van der Waals surface area (Å²) in [5.41, 5.74) is 3.93. The predicted molar refractivity (Wildman–Crippen MR) is 157 cm³/mol. The van der Waals surface area contributed by atoms with E-state index < -0.39 is 5.79 Å². The fraction of sp³-hybridized carbons (Fsp3) is 0.433. The maximum Gasteiger partial charge on any atom is 0.227 e. The second-order valence-corrected chi connectivity index (χ2v) is 11.7. The van der Waals surface area contributed by atoms with E-state index in [0.29, 0.717) is 12.5 Å². The summed E-state index contributed by atoms with van der Waals surface area (Å²) in [6, 6.07) is 18.5. The van der Waals surface area contributed by atoms with E-state index in [4.69, 9.17) is 24.4 Å². The van der Waals surface area contributed by atoms with E-state index in [1.54, 1.807) is 18.4 Å². The lowest BCUT2D eigenvalue weighted by Gasteiger charge is -2.30. The van der Waals surface area contributed by atoms with Gasteiger partial charge < -0.3 is 24.8 Å². The van der Waals surface area contributed by atoms with Crippen molar-refractivity contribution in [1.82, 2.24) is 15.0 Å². The Kier molecular flexibility index (Phi) is 8.13. The van der Waals surface area contributed by atoms with Crippen molar-refractivity contribution in [3.63, 3.8) is 0 Å². The quantitative estimate of drug-likeness (QED) is 0.246. The molecule has 0 saturated heterocycles. The van der Waals surface area contributed by atoms with Crippen molar-refractivity contribution >= 4 is 33.3 Å². The Morgan fingerprint density at radius 2 is 1.79 bits per heavy atom. The molecular formula is C30H37N5O3S. The van der Waals surface area contributed by atoms with Crippen molar-refractivity contribution < 1.29 is 14.6 Å². The molecule has 1 aliphatic carbocycles. The number of thiazole rings is 1. The first-order valence-electron chi connectivity index (χ1n) is 13.4. The van der Waals surface area contributed by atoms with Gasteiger partial charge >= 0.3 is 0 Å². The third-order valence-corrected chi connectivity index (χ3v) is 8.38. The van der Waals surface area contributed by atoms with Crippen LogP contribution in [0.25, 0.3) is 20.8 Å². The molecule has 0 spiro atoms. The zero-order valence-corrected chi connectivity index (χ0v) is 24.0. The van der Waals surface area contributed by atoms with E-state index in [9.17, 15) is 5.11 Å². The molecule has 2 heterocycles. The highest BCUT2D eigenvalue weighted by molar-refractivity contribution is 7.21. The van der Waals surface area contributed by atoms with Gasteiger partial charge in [0.25, 0.3) is 0 Å². The molecule has 3 atom stereocenters. The molecule has 2 N–H and O–H groups in total. The van der Waals surface area contributed by atoms with Crippen LogP contribution in [0.4, 0.5) is 11.8 Å². The first-order chi connectivity index (χ1) is 18.8. The molecule has 1 saturated carbocycles. The van der Waals surface area contributed by atoms with Crippen LogP contribution in [0.1, 0.15) is 37.9 Å². The van der Waals surface area contributed by atoms with Crippen molar-refractivity contribution in [2.24, 2.45) is 5.92 Å². The molecule has 4 aromatic rings.